The molecule has 164 valence electrons. The molecule has 0 aliphatic carbocycles. The minimum absolute atomic E-state index is 0.0349. The lowest BCUT2D eigenvalue weighted by molar-refractivity contribution is -0.128. The van der Waals surface area contributed by atoms with Crippen LogP contribution in [-0.2, 0) is 17.8 Å². The lowest BCUT2D eigenvalue weighted by Gasteiger charge is -2.12. The van der Waals surface area contributed by atoms with E-state index in [2.05, 4.69) is 20.3 Å². The van der Waals surface area contributed by atoms with Crippen LogP contribution in [0.1, 0.15) is 30.3 Å². The Hall–Kier alpha value is -3.47. The molecular formula is C20H23FN6O4. The van der Waals surface area contributed by atoms with Crippen LogP contribution in [0.25, 0.3) is 11.2 Å². The molecule has 0 radical (unpaired) electrons. The van der Waals surface area contributed by atoms with E-state index in [-0.39, 0.29) is 12.6 Å². The van der Waals surface area contributed by atoms with Gasteiger partial charge in [-0.05, 0) is 43.5 Å². The summed E-state index contributed by atoms with van der Waals surface area (Å²) in [6, 6.07) is 3.81. The molecule has 0 bridgehead atoms. The van der Waals surface area contributed by atoms with E-state index in [1.807, 2.05) is 19.1 Å². The molecule has 1 aromatic carbocycles. The molecule has 0 fully saturated rings. The van der Waals surface area contributed by atoms with Crippen LogP contribution >= 0.6 is 0 Å². The molecule has 10 nitrogen and oxygen atoms in total. The number of imidazole rings is 1. The number of benzene rings is 1. The molecule has 1 amide bonds. The highest BCUT2D eigenvalue weighted by Gasteiger charge is 2.20. The second-order valence-electron chi connectivity index (χ2n) is 7.36. The lowest BCUT2D eigenvalue weighted by atomic mass is 10.0. The van der Waals surface area contributed by atoms with Gasteiger partial charge in [0.25, 0.3) is 0 Å². The van der Waals surface area contributed by atoms with Crippen LogP contribution < -0.4 is 20.5 Å². The van der Waals surface area contributed by atoms with Crippen molar-refractivity contribution < 1.29 is 23.8 Å². The van der Waals surface area contributed by atoms with Gasteiger partial charge in [0.2, 0.25) is 12.7 Å². The Morgan fingerprint density at radius 1 is 1.32 bits per heavy atom. The lowest BCUT2D eigenvalue weighted by Crippen LogP contribution is -2.33. The van der Waals surface area contributed by atoms with E-state index in [0.29, 0.717) is 54.4 Å². The fraction of sp³-hybridized carbons (Fsp3) is 0.400. The van der Waals surface area contributed by atoms with Crippen LogP contribution in [0.3, 0.4) is 0 Å². The van der Waals surface area contributed by atoms with Crippen LogP contribution in [0.4, 0.5) is 10.2 Å². The Balaban J connectivity index is 1.64. The van der Waals surface area contributed by atoms with Crippen LogP contribution in [-0.4, -0.2) is 50.0 Å². The van der Waals surface area contributed by atoms with Crippen LogP contribution in [0.5, 0.6) is 11.5 Å². The predicted molar refractivity (Wildman–Crippen MR) is 109 cm³/mol. The fourth-order valence-electron chi connectivity index (χ4n) is 3.45. The summed E-state index contributed by atoms with van der Waals surface area (Å²) in [7, 11) is 0. The number of aliphatic hydroxyl groups is 1. The molecule has 1 aliphatic heterocycles. The maximum Gasteiger partial charge on any atom is 0.312 e. The number of hydrogen-bond acceptors (Lipinski definition) is 8. The molecule has 1 atom stereocenters. The number of halogens is 1. The third-order valence-corrected chi connectivity index (χ3v) is 5.09. The van der Waals surface area contributed by atoms with Gasteiger partial charge in [0.1, 0.15) is 11.9 Å². The highest BCUT2D eigenvalue weighted by Crippen LogP contribution is 2.35. The van der Waals surface area contributed by atoms with E-state index in [0.717, 1.165) is 11.1 Å². The maximum absolute atomic E-state index is 13.9. The number of fused-ring (bicyclic) bond motifs is 2. The Morgan fingerprint density at radius 3 is 2.81 bits per heavy atom. The third-order valence-electron chi connectivity index (χ3n) is 5.09. The molecule has 0 saturated carbocycles. The van der Waals surface area contributed by atoms with Gasteiger partial charge >= 0.3 is 6.08 Å². The van der Waals surface area contributed by atoms with Crippen molar-refractivity contribution in [3.05, 3.63) is 35.2 Å². The molecule has 2 aromatic heterocycles. The van der Waals surface area contributed by atoms with Crippen molar-refractivity contribution in [3.63, 3.8) is 0 Å². The van der Waals surface area contributed by atoms with Crippen LogP contribution in [0.15, 0.2) is 12.1 Å². The van der Waals surface area contributed by atoms with E-state index in [4.69, 9.17) is 15.2 Å². The first kappa shape index (κ1) is 20.8. The van der Waals surface area contributed by atoms with Gasteiger partial charge in [-0.25, -0.2) is 4.98 Å². The molecule has 0 saturated heterocycles. The zero-order chi connectivity index (χ0) is 22.1. The average Bonchev–Trinajstić information content (AvgIpc) is 3.29. The second kappa shape index (κ2) is 8.34. The number of anilines is 1. The largest absolute Gasteiger partial charge is 0.454 e. The number of aliphatic hydroxyl groups excluding tert-OH is 1. The van der Waals surface area contributed by atoms with E-state index >= 15 is 0 Å². The average molecular weight is 430 g/mol. The monoisotopic (exact) mass is 430 g/mol. The van der Waals surface area contributed by atoms with Crippen LogP contribution in [0.2, 0.25) is 0 Å². The van der Waals surface area contributed by atoms with Crippen molar-refractivity contribution in [2.75, 3.05) is 19.1 Å². The smallest absolute Gasteiger partial charge is 0.312 e. The van der Waals surface area contributed by atoms with Gasteiger partial charge < -0.3 is 30.2 Å². The second-order valence-corrected chi connectivity index (χ2v) is 7.36. The van der Waals surface area contributed by atoms with Gasteiger partial charge in [-0.3, -0.25) is 4.79 Å². The number of aromatic nitrogens is 4. The number of aryl methyl sites for hydroxylation is 2. The van der Waals surface area contributed by atoms with Gasteiger partial charge in [0, 0.05) is 19.5 Å². The minimum Gasteiger partial charge on any atom is -0.454 e. The quantitative estimate of drug-likeness (QED) is 0.374. The van der Waals surface area contributed by atoms with E-state index in [1.165, 1.54) is 6.92 Å². The molecule has 31 heavy (non-hydrogen) atoms. The summed E-state index contributed by atoms with van der Waals surface area (Å²) in [5.74, 6) is 1.50. The maximum atomic E-state index is 13.9. The number of nitrogen functional groups attached to an aromatic ring is 1. The summed E-state index contributed by atoms with van der Waals surface area (Å²) in [6.45, 7) is 4.28. The Labute approximate surface area is 177 Å². The van der Waals surface area contributed by atoms with E-state index in [1.54, 1.807) is 4.57 Å². The zero-order valence-corrected chi connectivity index (χ0v) is 17.2. The number of rotatable bonds is 7. The normalized spacial score (nSPS) is 13.5. The number of ether oxygens (including phenoxy) is 2. The number of nitrogens with zero attached hydrogens (tertiary/aromatic N) is 4. The van der Waals surface area contributed by atoms with Crippen molar-refractivity contribution in [1.82, 2.24) is 24.8 Å². The summed E-state index contributed by atoms with van der Waals surface area (Å²) < 4.78 is 26.5. The SMILES string of the molecule is Cc1cc2c(cc1Cc1nc3c(N)nc(F)nc3n1CCCNC(=O)C(C)O)OCO2. The first-order valence-corrected chi connectivity index (χ1v) is 9.86. The predicted octanol–water partition coefficient (Wildman–Crippen LogP) is 1.06. The van der Waals surface area contributed by atoms with Gasteiger partial charge in [0.05, 0.1) is 0 Å². The first-order chi connectivity index (χ1) is 14.8. The van der Waals surface area contributed by atoms with Crippen molar-refractivity contribution in [2.24, 2.45) is 0 Å². The summed E-state index contributed by atoms with van der Waals surface area (Å²) in [5, 5.41) is 11.9. The molecular weight excluding hydrogens is 407 g/mol. The number of nitrogens with two attached hydrogens (primary N) is 1. The molecule has 4 N–H and O–H groups in total. The Kier molecular flexibility index (Phi) is 5.59. The molecule has 11 heteroatoms. The van der Waals surface area contributed by atoms with Gasteiger partial charge in [-0.2, -0.15) is 14.4 Å². The summed E-state index contributed by atoms with van der Waals surface area (Å²) in [6.07, 6.45) is -1.07. The third kappa shape index (κ3) is 4.22. The molecule has 0 spiro atoms. The Morgan fingerprint density at radius 2 is 2.06 bits per heavy atom. The molecule has 1 aliphatic rings. The van der Waals surface area contributed by atoms with E-state index < -0.39 is 18.1 Å². The fourth-order valence-corrected chi connectivity index (χ4v) is 3.45. The number of hydrogen-bond donors (Lipinski definition) is 3. The minimum atomic E-state index is -1.08. The molecule has 4 rings (SSSR count). The van der Waals surface area contributed by atoms with Crippen molar-refractivity contribution >= 4 is 22.9 Å². The molecule has 3 aromatic rings. The highest BCUT2D eigenvalue weighted by atomic mass is 19.1. The number of amides is 1. The van der Waals surface area contributed by atoms with E-state index in [9.17, 15) is 14.3 Å². The van der Waals surface area contributed by atoms with Crippen molar-refractivity contribution in [2.45, 2.75) is 39.3 Å². The number of nitrogens with one attached hydrogen (secondary N) is 1. The summed E-state index contributed by atoms with van der Waals surface area (Å²) >= 11 is 0. The molecule has 1 unspecified atom stereocenters. The van der Waals surface area contributed by atoms with Gasteiger partial charge in [0.15, 0.2) is 28.5 Å². The standard InChI is InChI=1S/C20H23FN6O4/c1-10-6-13-14(31-9-30-13)7-12(10)8-15-24-16-17(22)25-20(21)26-18(16)27(15)5-3-4-23-19(29)11(2)28/h6-7,11,28H,3-5,8-9H2,1-2H3,(H,23,29)(H2,22,25,26). The number of carbonyl (C=O) groups excluding carboxylic acids is 1. The van der Waals surface area contributed by atoms with Crippen LogP contribution in [0, 0.1) is 13.0 Å². The molecule has 3 heterocycles. The first-order valence-electron chi connectivity index (χ1n) is 9.86. The Bertz CT molecular complexity index is 1150. The number of carbonyl (C=O) groups is 1. The van der Waals surface area contributed by atoms with Crippen molar-refractivity contribution in [3.8, 4) is 11.5 Å². The van der Waals surface area contributed by atoms with Crippen molar-refractivity contribution in [1.29, 1.82) is 0 Å². The zero-order valence-electron chi connectivity index (χ0n) is 17.2. The summed E-state index contributed by atoms with van der Waals surface area (Å²) in [4.78, 5) is 23.6. The van der Waals surface area contributed by atoms with Gasteiger partial charge in [-0.1, -0.05) is 0 Å². The van der Waals surface area contributed by atoms with Gasteiger partial charge in [-0.15, -0.1) is 0 Å². The highest BCUT2D eigenvalue weighted by molar-refractivity contribution is 5.82. The summed E-state index contributed by atoms with van der Waals surface area (Å²) in [5.41, 5.74) is 8.46. The topological polar surface area (TPSA) is 137 Å².